The Morgan fingerprint density at radius 1 is 0.737 bits per heavy atom. The fourth-order valence-electron chi connectivity index (χ4n) is 4.46. The molecule has 3 aromatic carbocycles. The van der Waals surface area contributed by atoms with Crippen LogP contribution in [0.1, 0.15) is 51.1 Å². The Morgan fingerprint density at radius 2 is 1.26 bits per heavy atom. The van der Waals surface area contributed by atoms with Crippen molar-refractivity contribution in [2.75, 3.05) is 43.3 Å². The van der Waals surface area contributed by atoms with Gasteiger partial charge in [0.1, 0.15) is 0 Å². The summed E-state index contributed by atoms with van der Waals surface area (Å²) in [7, 11) is 7.89. The normalized spacial score (nSPS) is 14.7. The largest absolute Gasteiger partial charge is 0.378 e. The van der Waals surface area contributed by atoms with E-state index >= 15 is 0 Å². The molecule has 0 saturated carbocycles. The van der Waals surface area contributed by atoms with E-state index in [1.807, 2.05) is 106 Å². The molecule has 2 N–H and O–H groups in total. The number of anilines is 3. The third-order valence-corrected chi connectivity index (χ3v) is 6.96. The second-order valence-electron chi connectivity index (χ2n) is 10.2. The van der Waals surface area contributed by atoms with Crippen LogP contribution in [0.2, 0.25) is 0 Å². The summed E-state index contributed by atoms with van der Waals surface area (Å²) >= 11 is 0. The second kappa shape index (κ2) is 11.4. The fraction of sp³-hybridized carbons (Fsp3) is 0.250. The van der Waals surface area contributed by atoms with Crippen molar-refractivity contribution in [3.8, 4) is 0 Å². The first-order chi connectivity index (χ1) is 18.1. The molecule has 0 radical (unpaired) electrons. The summed E-state index contributed by atoms with van der Waals surface area (Å²) in [5.74, 6) is -0.0909. The number of nitrogens with zero attached hydrogens (tertiary/aromatic N) is 2. The molecule has 6 heteroatoms. The minimum atomic E-state index is -0.130. The molecule has 0 heterocycles. The highest BCUT2D eigenvalue weighted by atomic mass is 16.2. The molecule has 196 valence electrons. The Balaban J connectivity index is 1.43. The van der Waals surface area contributed by atoms with Crippen LogP contribution in [0.15, 0.2) is 90.2 Å². The Labute approximate surface area is 225 Å². The Morgan fingerprint density at radius 3 is 1.76 bits per heavy atom. The Hall–Kier alpha value is -4.32. The summed E-state index contributed by atoms with van der Waals surface area (Å²) in [5, 5.41) is 6.14. The summed E-state index contributed by atoms with van der Waals surface area (Å²) in [6, 6.07) is 21.3. The van der Waals surface area contributed by atoms with E-state index in [2.05, 4.69) is 35.8 Å². The maximum Gasteiger partial charge on any atom is 0.255 e. The molecule has 0 aliphatic heterocycles. The van der Waals surface area contributed by atoms with Crippen LogP contribution < -0.4 is 20.4 Å². The molecule has 3 aromatic rings. The van der Waals surface area contributed by atoms with Crippen LogP contribution in [-0.2, 0) is 0 Å². The van der Waals surface area contributed by atoms with Crippen molar-refractivity contribution in [1.82, 2.24) is 5.32 Å². The molecular formula is C32H36N4O2. The van der Waals surface area contributed by atoms with E-state index in [0.717, 1.165) is 45.9 Å². The summed E-state index contributed by atoms with van der Waals surface area (Å²) in [6.07, 6.45) is 4.89. The number of hydrogen-bond acceptors (Lipinski definition) is 4. The Kier molecular flexibility index (Phi) is 8.01. The predicted molar refractivity (Wildman–Crippen MR) is 157 cm³/mol. The van der Waals surface area contributed by atoms with Gasteiger partial charge in [-0.2, -0.15) is 0 Å². The van der Waals surface area contributed by atoms with Gasteiger partial charge in [0.2, 0.25) is 0 Å². The van der Waals surface area contributed by atoms with E-state index in [1.54, 1.807) is 0 Å². The molecule has 6 nitrogen and oxygen atoms in total. The summed E-state index contributed by atoms with van der Waals surface area (Å²) < 4.78 is 0. The first-order valence-corrected chi connectivity index (χ1v) is 12.8. The smallest absolute Gasteiger partial charge is 0.255 e. The van der Waals surface area contributed by atoms with Crippen molar-refractivity contribution in [3.63, 3.8) is 0 Å². The number of hydrogen-bond donors (Lipinski definition) is 2. The van der Waals surface area contributed by atoms with Gasteiger partial charge in [-0.1, -0.05) is 18.2 Å². The van der Waals surface area contributed by atoms with Crippen LogP contribution >= 0.6 is 0 Å². The molecule has 1 atom stereocenters. The number of amides is 2. The molecule has 1 aliphatic carbocycles. The van der Waals surface area contributed by atoms with E-state index in [0.29, 0.717) is 11.1 Å². The lowest BCUT2D eigenvalue weighted by Crippen LogP contribution is -2.24. The van der Waals surface area contributed by atoms with E-state index in [1.165, 1.54) is 0 Å². The minimum Gasteiger partial charge on any atom is -0.378 e. The van der Waals surface area contributed by atoms with Crippen LogP contribution in [-0.4, -0.2) is 40.0 Å². The van der Waals surface area contributed by atoms with Crippen LogP contribution in [0.4, 0.5) is 17.1 Å². The number of aryl methyl sites for hydroxylation is 1. The number of nitrogens with one attached hydrogen (secondary N) is 2. The molecule has 0 saturated heterocycles. The average molecular weight is 509 g/mol. The highest BCUT2D eigenvalue weighted by molar-refractivity contribution is 6.05. The van der Waals surface area contributed by atoms with Crippen molar-refractivity contribution in [1.29, 1.82) is 0 Å². The molecule has 0 aromatic heterocycles. The first-order valence-electron chi connectivity index (χ1n) is 12.8. The van der Waals surface area contributed by atoms with Gasteiger partial charge in [0.15, 0.2) is 0 Å². The standard InChI is InChI=1S/C32H36N4O2/c1-21-7-8-26(20-30(21)34-32(38)24-11-16-28(17-12-24)36(5)6)25-13-18-29(22(2)19-25)33-31(37)23-9-14-27(15-10-23)35(3)4/h7-18,20,25H,19H2,1-6H3,(H,33,37)(H,34,38)/t25-/m0/s1. The lowest BCUT2D eigenvalue weighted by molar-refractivity contribution is 0.0965. The average Bonchev–Trinajstić information content (AvgIpc) is 2.91. The van der Waals surface area contributed by atoms with Crippen LogP contribution in [0, 0.1) is 6.92 Å². The third-order valence-electron chi connectivity index (χ3n) is 6.96. The van der Waals surface area contributed by atoms with E-state index in [-0.39, 0.29) is 17.7 Å². The monoisotopic (exact) mass is 508 g/mol. The van der Waals surface area contributed by atoms with Gasteiger partial charge in [0.05, 0.1) is 0 Å². The van der Waals surface area contributed by atoms with E-state index in [4.69, 9.17) is 0 Å². The quantitative estimate of drug-likeness (QED) is 0.403. The first kappa shape index (κ1) is 26.7. The second-order valence-corrected chi connectivity index (χ2v) is 10.2. The van der Waals surface area contributed by atoms with Gasteiger partial charge >= 0.3 is 0 Å². The zero-order valence-electron chi connectivity index (χ0n) is 23.0. The lowest BCUT2D eigenvalue weighted by Gasteiger charge is -2.22. The minimum absolute atomic E-state index is 0.119. The zero-order chi connectivity index (χ0) is 27.4. The zero-order valence-corrected chi connectivity index (χ0v) is 23.0. The van der Waals surface area contributed by atoms with Gasteiger partial charge in [-0.15, -0.1) is 0 Å². The van der Waals surface area contributed by atoms with Crippen molar-refractivity contribution >= 4 is 28.9 Å². The predicted octanol–water partition coefficient (Wildman–Crippen LogP) is 6.13. The molecular weight excluding hydrogens is 472 g/mol. The van der Waals surface area contributed by atoms with Gasteiger partial charge in [0.25, 0.3) is 11.8 Å². The molecule has 0 bridgehead atoms. The number of allylic oxidation sites excluding steroid dienone is 3. The maximum atomic E-state index is 12.9. The Bertz CT molecular complexity index is 1380. The number of rotatable bonds is 7. The topological polar surface area (TPSA) is 64.7 Å². The van der Waals surface area contributed by atoms with E-state index in [9.17, 15) is 9.59 Å². The van der Waals surface area contributed by atoms with Gasteiger partial charge in [-0.25, -0.2) is 0 Å². The van der Waals surface area contributed by atoms with Gasteiger partial charge in [-0.3, -0.25) is 9.59 Å². The van der Waals surface area contributed by atoms with Crippen LogP contribution in [0.25, 0.3) is 0 Å². The van der Waals surface area contributed by atoms with Crippen molar-refractivity contribution in [2.24, 2.45) is 0 Å². The molecule has 0 unspecified atom stereocenters. The molecule has 4 rings (SSSR count). The molecule has 0 spiro atoms. The third kappa shape index (κ3) is 6.14. The number of carbonyl (C=O) groups is 2. The summed E-state index contributed by atoms with van der Waals surface area (Å²) in [4.78, 5) is 29.7. The van der Waals surface area contributed by atoms with Crippen molar-refractivity contribution in [3.05, 3.63) is 112 Å². The SMILES string of the molecule is CC1=C(NC(=O)c2ccc(N(C)C)cc2)C=C[C@H](c2ccc(C)c(NC(=O)c3ccc(N(C)C)cc3)c2)C1. The van der Waals surface area contributed by atoms with E-state index < -0.39 is 0 Å². The lowest BCUT2D eigenvalue weighted by atomic mass is 9.87. The number of benzene rings is 3. The van der Waals surface area contributed by atoms with Crippen molar-refractivity contribution in [2.45, 2.75) is 26.2 Å². The molecule has 38 heavy (non-hydrogen) atoms. The van der Waals surface area contributed by atoms with Gasteiger partial charge < -0.3 is 20.4 Å². The van der Waals surface area contributed by atoms with Gasteiger partial charge in [0, 0.05) is 68.0 Å². The van der Waals surface area contributed by atoms with Crippen LogP contribution in [0.5, 0.6) is 0 Å². The highest BCUT2D eigenvalue weighted by Gasteiger charge is 2.19. The van der Waals surface area contributed by atoms with Gasteiger partial charge in [-0.05, 0) is 97.6 Å². The van der Waals surface area contributed by atoms with Crippen LogP contribution in [0.3, 0.4) is 0 Å². The summed E-state index contributed by atoms with van der Waals surface area (Å²) in [6.45, 7) is 4.05. The fourth-order valence-corrected chi connectivity index (χ4v) is 4.46. The van der Waals surface area contributed by atoms with Crippen molar-refractivity contribution < 1.29 is 9.59 Å². The molecule has 2 amide bonds. The number of carbonyl (C=O) groups excluding carboxylic acids is 2. The molecule has 0 fully saturated rings. The molecule has 1 aliphatic rings. The summed E-state index contributed by atoms with van der Waals surface area (Å²) in [5.41, 5.74) is 8.22. The highest BCUT2D eigenvalue weighted by Crippen LogP contribution is 2.33. The maximum absolute atomic E-state index is 12.9.